The molecule has 0 aliphatic rings. The van der Waals surface area contributed by atoms with Crippen LogP contribution >= 0.6 is 22.6 Å². The Morgan fingerprint density at radius 3 is 2.68 bits per heavy atom. The molecule has 0 spiro atoms. The number of amides is 1. The summed E-state index contributed by atoms with van der Waals surface area (Å²) >= 11 is 2.12. The normalized spacial score (nSPS) is 10.3. The molecule has 2 aromatic rings. The number of benzene rings is 2. The molecular weight excluding hydrogens is 356 g/mol. The number of nitrogens with one attached hydrogen (secondary N) is 1. The average molecular weight is 369 g/mol. The Hall–Kier alpha value is -1.43. The van der Waals surface area contributed by atoms with Crippen molar-refractivity contribution in [2.24, 2.45) is 0 Å². The molecule has 0 aliphatic heterocycles. The zero-order chi connectivity index (χ0) is 13.8. The first-order valence-corrected chi connectivity index (χ1v) is 6.93. The minimum Gasteiger partial charge on any atom is -0.348 e. The molecule has 0 radical (unpaired) electrons. The molecule has 1 N–H and O–H groups in total. The molecule has 0 aromatic heterocycles. The number of carbonyl (C=O) groups excluding carboxylic acids is 1. The molecule has 1 amide bonds. The summed E-state index contributed by atoms with van der Waals surface area (Å²) in [7, 11) is 0. The van der Waals surface area contributed by atoms with Crippen molar-refractivity contribution in [2.75, 3.05) is 0 Å². The summed E-state index contributed by atoms with van der Waals surface area (Å²) in [5.74, 6) is -0.396. The lowest BCUT2D eigenvalue weighted by Crippen LogP contribution is -2.23. The third-order valence-corrected chi connectivity index (χ3v) is 3.75. The molecule has 2 nitrogen and oxygen atoms in total. The van der Waals surface area contributed by atoms with E-state index in [4.69, 9.17) is 0 Å². The van der Waals surface area contributed by atoms with Crippen LogP contribution in [0.2, 0.25) is 0 Å². The van der Waals surface area contributed by atoms with E-state index in [0.29, 0.717) is 17.7 Å². The highest BCUT2D eigenvalue weighted by Gasteiger charge is 2.08. The molecule has 0 aliphatic carbocycles. The van der Waals surface area contributed by atoms with Crippen LogP contribution < -0.4 is 5.32 Å². The van der Waals surface area contributed by atoms with Gasteiger partial charge in [0.1, 0.15) is 5.82 Å². The van der Waals surface area contributed by atoms with Gasteiger partial charge in [-0.3, -0.25) is 4.79 Å². The predicted molar refractivity (Wildman–Crippen MR) is 81.5 cm³/mol. The van der Waals surface area contributed by atoms with Crippen molar-refractivity contribution in [2.45, 2.75) is 13.5 Å². The van der Waals surface area contributed by atoms with Crippen molar-refractivity contribution in [3.63, 3.8) is 0 Å². The molecule has 4 heteroatoms. The van der Waals surface area contributed by atoms with Crippen molar-refractivity contribution in [1.82, 2.24) is 5.32 Å². The van der Waals surface area contributed by atoms with E-state index >= 15 is 0 Å². The van der Waals surface area contributed by atoms with Crippen LogP contribution in [0, 0.1) is 16.3 Å². The van der Waals surface area contributed by atoms with Crippen LogP contribution in [0.5, 0.6) is 0 Å². The summed E-state index contributed by atoms with van der Waals surface area (Å²) in [5, 5.41) is 2.79. The lowest BCUT2D eigenvalue weighted by atomic mass is 10.1. The molecule has 19 heavy (non-hydrogen) atoms. The first-order chi connectivity index (χ1) is 9.08. The van der Waals surface area contributed by atoms with Crippen LogP contribution in [0.1, 0.15) is 21.5 Å². The molecular formula is C15H13FINO. The lowest BCUT2D eigenvalue weighted by Gasteiger charge is -2.07. The van der Waals surface area contributed by atoms with Crippen molar-refractivity contribution < 1.29 is 9.18 Å². The Morgan fingerprint density at radius 1 is 1.26 bits per heavy atom. The van der Waals surface area contributed by atoms with E-state index in [1.807, 2.05) is 24.3 Å². The summed E-state index contributed by atoms with van der Waals surface area (Å²) in [6, 6.07) is 12.3. The number of hydrogen-bond acceptors (Lipinski definition) is 1. The molecule has 2 aromatic carbocycles. The highest BCUT2D eigenvalue weighted by molar-refractivity contribution is 14.1. The molecule has 0 saturated carbocycles. The molecule has 0 unspecified atom stereocenters. The van der Waals surface area contributed by atoms with Crippen LogP contribution in [0.3, 0.4) is 0 Å². The number of hydrogen-bond donors (Lipinski definition) is 1. The number of rotatable bonds is 3. The highest BCUT2D eigenvalue weighted by atomic mass is 127. The first kappa shape index (κ1) is 14.0. The second-order valence-electron chi connectivity index (χ2n) is 4.25. The van der Waals surface area contributed by atoms with Gasteiger partial charge in [0.05, 0.1) is 5.56 Å². The smallest absolute Gasteiger partial charge is 0.252 e. The highest BCUT2D eigenvalue weighted by Crippen LogP contribution is 2.12. The van der Waals surface area contributed by atoms with Crippen molar-refractivity contribution in [3.8, 4) is 0 Å². The SMILES string of the molecule is Cc1ccc(CNC(=O)c2ccccc2I)cc1F. The van der Waals surface area contributed by atoms with Gasteiger partial charge in [0.25, 0.3) is 5.91 Å². The Bertz CT molecular complexity index is 613. The summed E-state index contributed by atoms with van der Waals surface area (Å²) < 4.78 is 14.3. The maximum absolute atomic E-state index is 13.4. The van der Waals surface area contributed by atoms with Gasteiger partial charge < -0.3 is 5.32 Å². The van der Waals surface area contributed by atoms with E-state index in [1.54, 1.807) is 19.1 Å². The predicted octanol–water partition coefficient (Wildman–Crippen LogP) is 3.67. The third kappa shape index (κ3) is 3.53. The molecule has 0 saturated heterocycles. The summed E-state index contributed by atoms with van der Waals surface area (Å²) in [4.78, 5) is 12.0. The van der Waals surface area contributed by atoms with Gasteiger partial charge in [-0.15, -0.1) is 0 Å². The van der Waals surface area contributed by atoms with Crippen molar-refractivity contribution in [1.29, 1.82) is 0 Å². The Labute approximate surface area is 125 Å². The van der Waals surface area contributed by atoms with Crippen molar-refractivity contribution >= 4 is 28.5 Å². The quantitative estimate of drug-likeness (QED) is 0.822. The van der Waals surface area contributed by atoms with E-state index in [2.05, 4.69) is 27.9 Å². The zero-order valence-corrected chi connectivity index (χ0v) is 12.6. The summed E-state index contributed by atoms with van der Waals surface area (Å²) in [6.45, 7) is 2.03. The van der Waals surface area contributed by atoms with E-state index < -0.39 is 0 Å². The standard InChI is InChI=1S/C15H13FINO/c1-10-6-7-11(8-13(10)16)9-18-15(19)12-4-2-3-5-14(12)17/h2-8H,9H2,1H3,(H,18,19). The maximum atomic E-state index is 13.4. The van der Waals surface area contributed by atoms with Gasteiger partial charge in [-0.05, 0) is 58.8 Å². The van der Waals surface area contributed by atoms with Gasteiger partial charge in [0.2, 0.25) is 0 Å². The Kier molecular flexibility index (Phi) is 4.52. The van der Waals surface area contributed by atoms with Gasteiger partial charge in [0, 0.05) is 10.1 Å². The molecule has 98 valence electrons. The number of carbonyl (C=O) groups is 1. The van der Waals surface area contributed by atoms with E-state index in [9.17, 15) is 9.18 Å². The average Bonchev–Trinajstić information content (AvgIpc) is 2.40. The van der Waals surface area contributed by atoms with E-state index in [1.165, 1.54) is 6.07 Å². The number of aryl methyl sites for hydroxylation is 1. The fourth-order valence-corrected chi connectivity index (χ4v) is 2.30. The minimum atomic E-state index is -0.249. The second-order valence-corrected chi connectivity index (χ2v) is 5.41. The molecule has 0 bridgehead atoms. The maximum Gasteiger partial charge on any atom is 0.252 e. The molecule has 2 rings (SSSR count). The van der Waals surface area contributed by atoms with Crippen LogP contribution in [0.25, 0.3) is 0 Å². The number of halogens is 2. The Balaban J connectivity index is 2.04. The fraction of sp³-hybridized carbons (Fsp3) is 0.133. The topological polar surface area (TPSA) is 29.1 Å². The van der Waals surface area contributed by atoms with Crippen LogP contribution in [-0.4, -0.2) is 5.91 Å². The molecule has 0 fully saturated rings. The monoisotopic (exact) mass is 369 g/mol. The Morgan fingerprint density at radius 2 is 2.00 bits per heavy atom. The van der Waals surface area contributed by atoms with Crippen LogP contribution in [-0.2, 0) is 6.54 Å². The fourth-order valence-electron chi connectivity index (χ4n) is 1.67. The van der Waals surface area contributed by atoms with Gasteiger partial charge in [0.15, 0.2) is 0 Å². The zero-order valence-electron chi connectivity index (χ0n) is 10.4. The van der Waals surface area contributed by atoms with Gasteiger partial charge >= 0.3 is 0 Å². The van der Waals surface area contributed by atoms with E-state index in [-0.39, 0.29) is 11.7 Å². The second kappa shape index (κ2) is 6.14. The summed E-state index contributed by atoms with van der Waals surface area (Å²) in [6.07, 6.45) is 0. The van der Waals surface area contributed by atoms with Crippen LogP contribution in [0.4, 0.5) is 4.39 Å². The van der Waals surface area contributed by atoms with Gasteiger partial charge in [-0.25, -0.2) is 4.39 Å². The van der Waals surface area contributed by atoms with E-state index in [0.717, 1.165) is 9.13 Å². The lowest BCUT2D eigenvalue weighted by molar-refractivity contribution is 0.0950. The summed E-state index contributed by atoms with van der Waals surface area (Å²) in [5.41, 5.74) is 1.99. The van der Waals surface area contributed by atoms with Crippen LogP contribution in [0.15, 0.2) is 42.5 Å². The molecule has 0 heterocycles. The molecule has 0 atom stereocenters. The van der Waals surface area contributed by atoms with Crippen molar-refractivity contribution in [3.05, 3.63) is 68.5 Å². The van der Waals surface area contributed by atoms with Gasteiger partial charge in [-0.1, -0.05) is 24.3 Å². The third-order valence-electron chi connectivity index (χ3n) is 2.81. The van der Waals surface area contributed by atoms with Gasteiger partial charge in [-0.2, -0.15) is 0 Å². The first-order valence-electron chi connectivity index (χ1n) is 5.85. The minimum absolute atomic E-state index is 0.147. The largest absolute Gasteiger partial charge is 0.348 e.